The van der Waals surface area contributed by atoms with Crippen molar-refractivity contribution < 1.29 is 9.18 Å². The summed E-state index contributed by atoms with van der Waals surface area (Å²) in [5.74, 6) is -0.355. The van der Waals surface area contributed by atoms with E-state index in [0.717, 1.165) is 22.4 Å². The molecule has 3 rings (SSSR count). The highest BCUT2D eigenvalue weighted by atomic mass is 19.1. The van der Waals surface area contributed by atoms with Crippen LogP contribution < -0.4 is 11.1 Å². The van der Waals surface area contributed by atoms with Gasteiger partial charge in [0, 0.05) is 23.1 Å². The minimum Gasteiger partial charge on any atom is -0.325 e. The highest BCUT2D eigenvalue weighted by Gasteiger charge is 2.26. The Morgan fingerprint density at radius 2 is 2.00 bits per heavy atom. The largest absolute Gasteiger partial charge is 0.325 e. The van der Waals surface area contributed by atoms with Gasteiger partial charge in [0.15, 0.2) is 0 Å². The summed E-state index contributed by atoms with van der Waals surface area (Å²) < 4.78 is 13.1. The molecule has 0 bridgehead atoms. The molecule has 136 valence electrons. The van der Waals surface area contributed by atoms with Gasteiger partial charge in [-0.15, -0.1) is 0 Å². The van der Waals surface area contributed by atoms with Crippen molar-refractivity contribution in [2.45, 2.75) is 39.2 Å². The maximum Gasteiger partial charge on any atom is 0.241 e. The number of amides is 1. The molecule has 1 aliphatic carbocycles. The number of carbonyl (C=O) groups is 1. The molecule has 0 aliphatic heterocycles. The molecule has 2 aromatic rings. The van der Waals surface area contributed by atoms with E-state index in [1.807, 2.05) is 37.3 Å². The van der Waals surface area contributed by atoms with Crippen molar-refractivity contribution in [1.82, 2.24) is 4.98 Å². The summed E-state index contributed by atoms with van der Waals surface area (Å²) >= 11 is 0. The van der Waals surface area contributed by atoms with Gasteiger partial charge in [0.05, 0.1) is 11.9 Å². The van der Waals surface area contributed by atoms with Gasteiger partial charge in [-0.3, -0.25) is 9.78 Å². The number of aromatic nitrogens is 1. The van der Waals surface area contributed by atoms with Gasteiger partial charge in [-0.1, -0.05) is 18.2 Å². The van der Waals surface area contributed by atoms with Gasteiger partial charge >= 0.3 is 0 Å². The van der Waals surface area contributed by atoms with Crippen molar-refractivity contribution in [2.24, 2.45) is 11.7 Å². The number of nitrogens with zero attached hydrogens (tertiary/aromatic N) is 1. The lowest BCUT2D eigenvalue weighted by molar-refractivity contribution is -0.118. The van der Waals surface area contributed by atoms with Crippen molar-refractivity contribution in [3.63, 3.8) is 0 Å². The topological polar surface area (TPSA) is 68.0 Å². The van der Waals surface area contributed by atoms with Crippen LogP contribution in [0.4, 0.5) is 10.1 Å². The van der Waals surface area contributed by atoms with Crippen molar-refractivity contribution >= 4 is 11.6 Å². The number of carbonyl (C=O) groups excluding carboxylic acids is 1. The summed E-state index contributed by atoms with van der Waals surface area (Å²) in [7, 11) is 0. The zero-order valence-corrected chi connectivity index (χ0v) is 15.1. The van der Waals surface area contributed by atoms with Gasteiger partial charge in [-0.05, 0) is 68.4 Å². The van der Waals surface area contributed by atoms with E-state index >= 15 is 0 Å². The van der Waals surface area contributed by atoms with E-state index in [1.54, 1.807) is 6.20 Å². The van der Waals surface area contributed by atoms with Gasteiger partial charge in [-0.2, -0.15) is 0 Å². The first kappa shape index (κ1) is 18.3. The molecule has 1 aromatic carbocycles. The van der Waals surface area contributed by atoms with Gasteiger partial charge in [0.25, 0.3) is 0 Å². The first-order valence-corrected chi connectivity index (χ1v) is 8.89. The van der Waals surface area contributed by atoms with E-state index in [9.17, 15) is 9.18 Å². The molecule has 2 atom stereocenters. The number of halogens is 1. The molecule has 5 heteroatoms. The molecular weight excluding hydrogens is 329 g/mol. The van der Waals surface area contributed by atoms with Crippen LogP contribution in [0.25, 0.3) is 11.1 Å². The first-order chi connectivity index (χ1) is 12.5. The Kier molecular flexibility index (Phi) is 5.47. The number of nitrogens with two attached hydrogens (primary N) is 1. The van der Waals surface area contributed by atoms with Crippen LogP contribution in [0.15, 0.2) is 48.4 Å². The first-order valence-electron chi connectivity index (χ1n) is 8.89. The van der Waals surface area contributed by atoms with E-state index in [1.165, 1.54) is 6.08 Å². The number of hydrogen-bond donors (Lipinski definition) is 2. The fourth-order valence-electron chi connectivity index (χ4n) is 3.44. The van der Waals surface area contributed by atoms with E-state index in [2.05, 4.69) is 17.2 Å². The smallest absolute Gasteiger partial charge is 0.241 e. The third-order valence-electron chi connectivity index (χ3n) is 5.00. The number of aryl methyl sites for hydroxylation is 2. The zero-order valence-electron chi connectivity index (χ0n) is 15.1. The van der Waals surface area contributed by atoms with Gasteiger partial charge < -0.3 is 11.1 Å². The lowest BCUT2D eigenvalue weighted by atomic mass is 9.87. The number of allylic oxidation sites excluding steroid dienone is 2. The predicted molar refractivity (Wildman–Crippen MR) is 102 cm³/mol. The number of pyridine rings is 1. The van der Waals surface area contributed by atoms with Crippen LogP contribution >= 0.6 is 0 Å². The van der Waals surface area contributed by atoms with Crippen LogP contribution in [0.5, 0.6) is 0 Å². The maximum atomic E-state index is 13.1. The molecule has 1 aromatic heterocycles. The van der Waals surface area contributed by atoms with Gasteiger partial charge in [0.1, 0.15) is 0 Å². The zero-order chi connectivity index (χ0) is 18.7. The van der Waals surface area contributed by atoms with Gasteiger partial charge in [-0.25, -0.2) is 4.39 Å². The molecule has 26 heavy (non-hydrogen) atoms. The van der Waals surface area contributed by atoms with Crippen molar-refractivity contribution in [1.29, 1.82) is 0 Å². The monoisotopic (exact) mass is 353 g/mol. The normalized spacial score (nSPS) is 18.2. The van der Waals surface area contributed by atoms with Crippen LogP contribution in [0.1, 0.15) is 30.5 Å². The lowest BCUT2D eigenvalue weighted by Crippen LogP contribution is -2.42. The molecule has 1 aliphatic rings. The maximum absolute atomic E-state index is 13.1. The van der Waals surface area contributed by atoms with Crippen molar-refractivity contribution in [3.8, 4) is 11.1 Å². The molecule has 1 amide bonds. The second kappa shape index (κ2) is 7.79. The van der Waals surface area contributed by atoms with Crippen LogP contribution in [-0.4, -0.2) is 16.9 Å². The fourth-order valence-corrected chi connectivity index (χ4v) is 3.44. The summed E-state index contributed by atoms with van der Waals surface area (Å²) in [6.07, 6.45) is 4.82. The predicted octanol–water partition coefficient (Wildman–Crippen LogP) is 4.28. The second-order valence-corrected chi connectivity index (χ2v) is 6.87. The SMILES string of the molecule is Cc1ccnc(C)c1-c1ccc(NC(=O)C(N)C2CC=C(F)CC2)cc1. The van der Waals surface area contributed by atoms with E-state index in [0.29, 0.717) is 24.9 Å². The summed E-state index contributed by atoms with van der Waals surface area (Å²) in [4.78, 5) is 16.7. The average molecular weight is 353 g/mol. The fraction of sp³-hybridized carbons (Fsp3) is 0.333. The molecule has 2 unspecified atom stereocenters. The van der Waals surface area contributed by atoms with E-state index < -0.39 is 6.04 Å². The highest BCUT2D eigenvalue weighted by Crippen LogP contribution is 2.28. The molecule has 0 saturated carbocycles. The molecule has 0 saturated heterocycles. The number of rotatable bonds is 4. The Hall–Kier alpha value is -2.53. The Morgan fingerprint density at radius 3 is 2.62 bits per heavy atom. The number of nitrogens with one attached hydrogen (secondary N) is 1. The summed E-state index contributed by atoms with van der Waals surface area (Å²) in [5.41, 5.74) is 11.1. The molecule has 0 radical (unpaired) electrons. The Labute approximate surface area is 153 Å². The molecule has 1 heterocycles. The van der Waals surface area contributed by atoms with Crippen LogP contribution in [0, 0.1) is 19.8 Å². The Balaban J connectivity index is 1.68. The Bertz CT molecular complexity index is 809. The molecule has 4 nitrogen and oxygen atoms in total. The molecular formula is C21H24FN3O. The average Bonchev–Trinajstić information content (AvgIpc) is 2.63. The Morgan fingerprint density at radius 1 is 1.27 bits per heavy atom. The quantitative estimate of drug-likeness (QED) is 0.862. The summed E-state index contributed by atoms with van der Waals surface area (Å²) in [6.45, 7) is 4.04. The van der Waals surface area contributed by atoms with E-state index in [4.69, 9.17) is 5.73 Å². The molecule has 0 fully saturated rings. The van der Waals surface area contributed by atoms with Crippen molar-refractivity contribution in [3.05, 3.63) is 59.7 Å². The minimum absolute atomic E-state index is 0.0190. The van der Waals surface area contributed by atoms with Crippen LogP contribution in [0.3, 0.4) is 0 Å². The number of benzene rings is 1. The second-order valence-electron chi connectivity index (χ2n) is 6.87. The van der Waals surface area contributed by atoms with Crippen LogP contribution in [0.2, 0.25) is 0 Å². The molecule has 3 N–H and O–H groups in total. The standard InChI is InChI=1S/C21H24FN3O/c1-13-11-12-24-14(2)19(13)15-5-9-18(10-6-15)25-21(26)20(23)16-3-7-17(22)8-4-16/h5-7,9-12,16,20H,3-4,8,23H2,1-2H3,(H,25,26). The summed E-state index contributed by atoms with van der Waals surface area (Å²) in [5, 5.41) is 2.86. The summed E-state index contributed by atoms with van der Waals surface area (Å²) in [6, 6.07) is 9.02. The van der Waals surface area contributed by atoms with Gasteiger partial charge in [0.2, 0.25) is 5.91 Å². The van der Waals surface area contributed by atoms with E-state index in [-0.39, 0.29) is 17.7 Å². The minimum atomic E-state index is -0.637. The molecule has 0 spiro atoms. The third-order valence-corrected chi connectivity index (χ3v) is 5.00. The van der Waals surface area contributed by atoms with Crippen molar-refractivity contribution in [2.75, 3.05) is 5.32 Å². The van der Waals surface area contributed by atoms with Crippen LogP contribution in [-0.2, 0) is 4.79 Å². The number of hydrogen-bond acceptors (Lipinski definition) is 3. The lowest BCUT2D eigenvalue weighted by Gasteiger charge is -2.24. The highest BCUT2D eigenvalue weighted by molar-refractivity contribution is 5.95. The number of anilines is 1. The third kappa shape index (κ3) is 3.99.